The Bertz CT molecular complexity index is 924. The molecule has 8 nitrogen and oxygen atoms in total. The summed E-state index contributed by atoms with van der Waals surface area (Å²) in [6.45, 7) is 7.51. The van der Waals surface area contributed by atoms with Crippen molar-refractivity contribution in [3.63, 3.8) is 0 Å². The van der Waals surface area contributed by atoms with E-state index in [0.29, 0.717) is 54.7 Å². The Hall–Kier alpha value is -3.26. The van der Waals surface area contributed by atoms with Crippen LogP contribution in [-0.2, 0) is 9.47 Å². The Morgan fingerprint density at radius 2 is 1.68 bits per heavy atom. The second-order valence-electron chi connectivity index (χ2n) is 6.81. The average Bonchev–Trinajstić information content (AvgIpc) is 2.81. The van der Waals surface area contributed by atoms with Gasteiger partial charge in [-0.2, -0.15) is 0 Å². The summed E-state index contributed by atoms with van der Waals surface area (Å²) < 4.78 is 21.9. The molecule has 0 saturated carbocycles. The summed E-state index contributed by atoms with van der Waals surface area (Å²) in [6.07, 6.45) is 0. The minimum atomic E-state index is -0.502. The molecule has 0 spiro atoms. The minimum Gasteiger partial charge on any atom is -0.492 e. The number of amides is 1. The molecule has 1 N–H and O–H groups in total. The topological polar surface area (TPSA) is 86.3 Å². The molecule has 8 heteroatoms. The standard InChI is InChI=1S/C23H28N2O6/c1-4-30-20-15-19(25-9-11-29-12-10-25)21(31-5-2)14-18(20)24-22(26)16-7-6-8-17(13-16)23(27)28-3/h6-8,13-15H,4-5,9-12H2,1-3H3,(H,24,26). The van der Waals surface area contributed by atoms with Crippen LogP contribution in [0.3, 0.4) is 0 Å². The number of hydrogen-bond acceptors (Lipinski definition) is 7. The number of ether oxygens (including phenoxy) is 4. The van der Waals surface area contributed by atoms with Crippen LogP contribution in [-0.4, -0.2) is 58.5 Å². The lowest BCUT2D eigenvalue weighted by Gasteiger charge is -2.31. The number of rotatable bonds is 8. The highest BCUT2D eigenvalue weighted by Crippen LogP contribution is 2.39. The van der Waals surface area contributed by atoms with Gasteiger partial charge in [-0.15, -0.1) is 0 Å². The van der Waals surface area contributed by atoms with Gasteiger partial charge in [0, 0.05) is 30.8 Å². The zero-order chi connectivity index (χ0) is 22.2. The van der Waals surface area contributed by atoms with Crippen molar-refractivity contribution in [3.8, 4) is 11.5 Å². The molecular weight excluding hydrogens is 400 g/mol. The third-order valence-electron chi connectivity index (χ3n) is 4.81. The molecule has 2 aromatic carbocycles. The number of hydrogen-bond donors (Lipinski definition) is 1. The number of benzene rings is 2. The van der Waals surface area contributed by atoms with E-state index in [1.165, 1.54) is 13.2 Å². The highest BCUT2D eigenvalue weighted by molar-refractivity contribution is 6.06. The summed E-state index contributed by atoms with van der Waals surface area (Å²) in [5.41, 5.74) is 2.04. The lowest BCUT2D eigenvalue weighted by molar-refractivity contribution is 0.0600. The van der Waals surface area contributed by atoms with Crippen LogP contribution in [0.4, 0.5) is 11.4 Å². The lowest BCUT2D eigenvalue weighted by atomic mass is 10.1. The second kappa shape index (κ2) is 10.7. The maximum Gasteiger partial charge on any atom is 0.337 e. The van der Waals surface area contributed by atoms with E-state index in [-0.39, 0.29) is 5.91 Å². The molecule has 0 aromatic heterocycles. The molecule has 1 amide bonds. The van der Waals surface area contributed by atoms with E-state index in [4.69, 9.17) is 18.9 Å². The van der Waals surface area contributed by atoms with Crippen LogP contribution in [0, 0.1) is 0 Å². The van der Waals surface area contributed by atoms with E-state index in [1.54, 1.807) is 24.3 Å². The summed E-state index contributed by atoms with van der Waals surface area (Å²) in [7, 11) is 1.30. The quantitative estimate of drug-likeness (QED) is 0.645. The summed E-state index contributed by atoms with van der Waals surface area (Å²) in [5.74, 6) is 0.336. The second-order valence-corrected chi connectivity index (χ2v) is 6.81. The van der Waals surface area contributed by atoms with Crippen molar-refractivity contribution in [2.45, 2.75) is 13.8 Å². The number of morpholine rings is 1. The number of esters is 1. The van der Waals surface area contributed by atoms with Gasteiger partial charge >= 0.3 is 5.97 Å². The van der Waals surface area contributed by atoms with Crippen LogP contribution in [0.25, 0.3) is 0 Å². The van der Waals surface area contributed by atoms with Crippen molar-refractivity contribution >= 4 is 23.3 Å². The molecule has 1 aliphatic heterocycles. The Balaban J connectivity index is 1.93. The number of nitrogens with one attached hydrogen (secondary N) is 1. The van der Waals surface area contributed by atoms with E-state index in [2.05, 4.69) is 10.2 Å². The molecule has 1 heterocycles. The lowest BCUT2D eigenvalue weighted by Crippen LogP contribution is -2.36. The molecular formula is C23H28N2O6. The number of nitrogens with zero attached hydrogens (tertiary/aromatic N) is 1. The first-order chi connectivity index (χ1) is 15.1. The largest absolute Gasteiger partial charge is 0.492 e. The highest BCUT2D eigenvalue weighted by Gasteiger charge is 2.21. The van der Waals surface area contributed by atoms with Gasteiger partial charge in [-0.05, 0) is 32.0 Å². The van der Waals surface area contributed by atoms with Gasteiger partial charge in [0.1, 0.15) is 11.5 Å². The van der Waals surface area contributed by atoms with Crippen molar-refractivity contribution in [2.75, 3.05) is 56.8 Å². The fourth-order valence-electron chi connectivity index (χ4n) is 3.34. The predicted molar refractivity (Wildman–Crippen MR) is 118 cm³/mol. The molecule has 0 bridgehead atoms. The van der Waals surface area contributed by atoms with Gasteiger partial charge in [-0.3, -0.25) is 4.79 Å². The molecule has 0 radical (unpaired) electrons. The number of anilines is 2. The van der Waals surface area contributed by atoms with E-state index < -0.39 is 5.97 Å². The molecule has 1 aliphatic rings. The summed E-state index contributed by atoms with van der Waals surface area (Å²) >= 11 is 0. The molecule has 0 atom stereocenters. The molecule has 1 fully saturated rings. The van der Waals surface area contributed by atoms with Gasteiger partial charge in [0.15, 0.2) is 0 Å². The molecule has 166 valence electrons. The molecule has 0 aliphatic carbocycles. The van der Waals surface area contributed by atoms with Crippen molar-refractivity contribution in [2.24, 2.45) is 0 Å². The molecule has 31 heavy (non-hydrogen) atoms. The van der Waals surface area contributed by atoms with Crippen LogP contribution in [0.15, 0.2) is 36.4 Å². The summed E-state index contributed by atoms with van der Waals surface area (Å²) in [4.78, 5) is 26.9. The first kappa shape index (κ1) is 22.4. The van der Waals surface area contributed by atoms with Gasteiger partial charge in [-0.25, -0.2) is 4.79 Å². The summed E-state index contributed by atoms with van der Waals surface area (Å²) in [5, 5.41) is 2.89. The Kier molecular flexibility index (Phi) is 7.72. The van der Waals surface area contributed by atoms with Gasteiger partial charge in [0.25, 0.3) is 5.91 Å². The molecule has 3 rings (SSSR count). The number of carbonyl (C=O) groups excluding carboxylic acids is 2. The first-order valence-corrected chi connectivity index (χ1v) is 10.3. The van der Waals surface area contributed by atoms with Crippen LogP contribution >= 0.6 is 0 Å². The average molecular weight is 428 g/mol. The smallest absolute Gasteiger partial charge is 0.337 e. The van der Waals surface area contributed by atoms with Crippen LogP contribution in [0.1, 0.15) is 34.6 Å². The van der Waals surface area contributed by atoms with Crippen molar-refractivity contribution in [3.05, 3.63) is 47.5 Å². The van der Waals surface area contributed by atoms with Crippen LogP contribution in [0.5, 0.6) is 11.5 Å². The van der Waals surface area contributed by atoms with Crippen molar-refractivity contribution in [1.82, 2.24) is 0 Å². The van der Waals surface area contributed by atoms with E-state index in [1.807, 2.05) is 19.9 Å². The van der Waals surface area contributed by atoms with E-state index in [0.717, 1.165) is 18.8 Å². The van der Waals surface area contributed by atoms with Crippen LogP contribution < -0.4 is 19.7 Å². The normalized spacial score (nSPS) is 13.5. The van der Waals surface area contributed by atoms with Crippen molar-refractivity contribution < 1.29 is 28.5 Å². The molecule has 1 saturated heterocycles. The van der Waals surface area contributed by atoms with E-state index in [9.17, 15) is 9.59 Å². The number of methoxy groups -OCH3 is 1. The molecule has 2 aromatic rings. The predicted octanol–water partition coefficient (Wildman–Crippen LogP) is 3.36. The van der Waals surface area contributed by atoms with Gasteiger partial charge in [0.05, 0.1) is 50.5 Å². The Morgan fingerprint density at radius 3 is 2.35 bits per heavy atom. The zero-order valence-corrected chi connectivity index (χ0v) is 18.1. The molecule has 0 unspecified atom stereocenters. The zero-order valence-electron chi connectivity index (χ0n) is 18.1. The Morgan fingerprint density at radius 1 is 1.00 bits per heavy atom. The first-order valence-electron chi connectivity index (χ1n) is 10.3. The SMILES string of the molecule is CCOc1cc(N2CCOCC2)c(OCC)cc1NC(=O)c1cccc(C(=O)OC)c1. The van der Waals surface area contributed by atoms with Crippen molar-refractivity contribution in [1.29, 1.82) is 0 Å². The third-order valence-corrected chi connectivity index (χ3v) is 4.81. The monoisotopic (exact) mass is 428 g/mol. The van der Waals surface area contributed by atoms with Crippen LogP contribution in [0.2, 0.25) is 0 Å². The highest BCUT2D eigenvalue weighted by atomic mass is 16.5. The fourth-order valence-corrected chi connectivity index (χ4v) is 3.34. The maximum absolute atomic E-state index is 12.9. The van der Waals surface area contributed by atoms with E-state index >= 15 is 0 Å². The Labute approximate surface area is 182 Å². The van der Waals surface area contributed by atoms with Gasteiger partial charge in [0.2, 0.25) is 0 Å². The minimum absolute atomic E-state index is 0.304. The van der Waals surface area contributed by atoms with Gasteiger partial charge < -0.3 is 29.2 Å². The maximum atomic E-state index is 12.9. The third kappa shape index (κ3) is 5.46. The summed E-state index contributed by atoms with van der Waals surface area (Å²) in [6, 6.07) is 10.0. The van der Waals surface area contributed by atoms with Gasteiger partial charge in [-0.1, -0.05) is 6.07 Å². The number of carbonyl (C=O) groups is 2. The fraction of sp³-hybridized carbons (Fsp3) is 0.391.